The lowest BCUT2D eigenvalue weighted by atomic mass is 9.98. The second-order valence-electron chi connectivity index (χ2n) is 8.02. The van der Waals surface area contributed by atoms with Crippen LogP contribution in [0.15, 0.2) is 66.9 Å². The topological polar surface area (TPSA) is 65.5 Å². The Morgan fingerprint density at radius 3 is 2.70 bits per heavy atom. The van der Waals surface area contributed by atoms with E-state index in [1.165, 1.54) is 5.56 Å². The third-order valence-electron chi connectivity index (χ3n) is 6.08. The van der Waals surface area contributed by atoms with E-state index in [4.69, 9.17) is 0 Å². The smallest absolute Gasteiger partial charge is 0.246 e. The largest absolute Gasteiger partial charge is 0.342 e. The Hall–Kier alpha value is -3.25. The van der Waals surface area contributed by atoms with Crippen molar-refractivity contribution in [2.45, 2.75) is 25.0 Å². The van der Waals surface area contributed by atoms with E-state index in [2.05, 4.69) is 27.3 Å². The van der Waals surface area contributed by atoms with Gasteiger partial charge < -0.3 is 10.2 Å². The number of amides is 2. The van der Waals surface area contributed by atoms with Crippen molar-refractivity contribution in [3.63, 3.8) is 0 Å². The molecule has 0 unspecified atom stereocenters. The van der Waals surface area contributed by atoms with Gasteiger partial charge in [-0.3, -0.25) is 19.5 Å². The number of piperazine rings is 2. The minimum Gasteiger partial charge on any atom is -0.342 e. The van der Waals surface area contributed by atoms with E-state index >= 15 is 0 Å². The van der Waals surface area contributed by atoms with Crippen molar-refractivity contribution in [2.75, 3.05) is 19.6 Å². The Labute approximate surface area is 175 Å². The van der Waals surface area contributed by atoms with Crippen molar-refractivity contribution in [1.82, 2.24) is 20.1 Å². The van der Waals surface area contributed by atoms with Crippen molar-refractivity contribution in [2.24, 2.45) is 0 Å². The Morgan fingerprint density at radius 2 is 1.83 bits per heavy atom. The minimum atomic E-state index is -0.480. The van der Waals surface area contributed by atoms with Gasteiger partial charge in [0.15, 0.2) is 0 Å². The van der Waals surface area contributed by atoms with Crippen LogP contribution in [0.2, 0.25) is 0 Å². The summed E-state index contributed by atoms with van der Waals surface area (Å²) < 4.78 is 0. The maximum Gasteiger partial charge on any atom is 0.246 e. The minimum absolute atomic E-state index is 0.0254. The molecule has 2 fully saturated rings. The number of carbonyl (C=O) groups excluding carboxylic acids is 2. The first-order chi connectivity index (χ1) is 14.7. The van der Waals surface area contributed by atoms with E-state index in [0.717, 1.165) is 29.6 Å². The molecule has 0 spiro atoms. The Morgan fingerprint density at radius 1 is 0.967 bits per heavy atom. The standard InChI is InChI=1S/C24H24N4O2/c29-23-22-16-27(15-18-8-4-10-20-19(18)9-5-11-25-20)12-13-28(22)24(30)21(26-23)14-17-6-2-1-3-7-17/h1-11,21-22H,12-16H2,(H,26,29)/t21-,22+/m0/s1. The molecule has 30 heavy (non-hydrogen) atoms. The number of rotatable bonds is 4. The van der Waals surface area contributed by atoms with Crippen LogP contribution in [0.1, 0.15) is 11.1 Å². The molecule has 152 valence electrons. The quantitative estimate of drug-likeness (QED) is 0.728. The fourth-order valence-electron chi connectivity index (χ4n) is 4.54. The number of aromatic nitrogens is 1. The van der Waals surface area contributed by atoms with Gasteiger partial charge in [-0.1, -0.05) is 48.5 Å². The molecule has 0 saturated carbocycles. The molecule has 2 saturated heterocycles. The lowest BCUT2D eigenvalue weighted by Gasteiger charge is -2.45. The van der Waals surface area contributed by atoms with Crippen LogP contribution >= 0.6 is 0 Å². The summed E-state index contributed by atoms with van der Waals surface area (Å²) in [5.74, 6) is -0.0303. The fourth-order valence-corrected chi connectivity index (χ4v) is 4.54. The van der Waals surface area contributed by atoms with Gasteiger partial charge in [0.25, 0.3) is 0 Å². The Balaban J connectivity index is 1.29. The zero-order chi connectivity index (χ0) is 20.5. The van der Waals surface area contributed by atoms with E-state index in [9.17, 15) is 9.59 Å². The highest BCUT2D eigenvalue weighted by atomic mass is 16.2. The van der Waals surface area contributed by atoms with E-state index in [1.54, 1.807) is 11.1 Å². The summed E-state index contributed by atoms with van der Waals surface area (Å²) in [4.78, 5) is 34.3. The maximum absolute atomic E-state index is 13.0. The van der Waals surface area contributed by atoms with Crippen LogP contribution in [0, 0.1) is 0 Å². The van der Waals surface area contributed by atoms with Crippen LogP contribution in [0.25, 0.3) is 10.9 Å². The van der Waals surface area contributed by atoms with Gasteiger partial charge in [0.1, 0.15) is 12.1 Å². The summed E-state index contributed by atoms with van der Waals surface area (Å²) >= 11 is 0. The van der Waals surface area contributed by atoms with Crippen LogP contribution in [-0.4, -0.2) is 58.3 Å². The summed E-state index contributed by atoms with van der Waals surface area (Å²) in [5.41, 5.74) is 3.22. The van der Waals surface area contributed by atoms with Crippen LogP contribution < -0.4 is 5.32 Å². The third kappa shape index (κ3) is 3.55. The molecule has 0 radical (unpaired) electrons. The number of hydrogen-bond acceptors (Lipinski definition) is 4. The lowest BCUT2D eigenvalue weighted by molar-refractivity contribution is -0.153. The molecular weight excluding hydrogens is 376 g/mol. The zero-order valence-electron chi connectivity index (χ0n) is 16.7. The normalized spacial score (nSPS) is 22.1. The number of nitrogens with one attached hydrogen (secondary N) is 1. The van der Waals surface area contributed by atoms with Crippen molar-refractivity contribution < 1.29 is 9.59 Å². The van der Waals surface area contributed by atoms with E-state index in [0.29, 0.717) is 19.5 Å². The second kappa shape index (κ2) is 7.88. The summed E-state index contributed by atoms with van der Waals surface area (Å²) in [6.45, 7) is 2.62. The van der Waals surface area contributed by atoms with Crippen molar-refractivity contribution in [3.8, 4) is 0 Å². The molecule has 2 aliphatic rings. The first-order valence-corrected chi connectivity index (χ1v) is 10.4. The third-order valence-corrected chi connectivity index (χ3v) is 6.08. The number of hydrogen-bond donors (Lipinski definition) is 1. The molecule has 1 N–H and O–H groups in total. The summed E-state index contributed by atoms with van der Waals surface area (Å²) in [6.07, 6.45) is 2.33. The van der Waals surface area contributed by atoms with Crippen LogP contribution in [0.4, 0.5) is 0 Å². The molecule has 2 aromatic carbocycles. The van der Waals surface area contributed by atoms with Crippen LogP contribution in [0.5, 0.6) is 0 Å². The van der Waals surface area contributed by atoms with Gasteiger partial charge in [0.05, 0.1) is 5.52 Å². The van der Waals surface area contributed by atoms with E-state index < -0.39 is 12.1 Å². The fraction of sp³-hybridized carbons (Fsp3) is 0.292. The zero-order valence-corrected chi connectivity index (χ0v) is 16.7. The molecule has 2 amide bonds. The van der Waals surface area contributed by atoms with Crippen molar-refractivity contribution in [1.29, 1.82) is 0 Å². The number of carbonyl (C=O) groups is 2. The van der Waals surface area contributed by atoms with Gasteiger partial charge in [-0.15, -0.1) is 0 Å². The molecule has 5 rings (SSSR count). The van der Waals surface area contributed by atoms with E-state index in [-0.39, 0.29) is 11.8 Å². The maximum atomic E-state index is 13.0. The molecule has 0 bridgehead atoms. The predicted molar refractivity (Wildman–Crippen MR) is 115 cm³/mol. The second-order valence-corrected chi connectivity index (χ2v) is 8.02. The molecule has 2 aliphatic heterocycles. The Bertz CT molecular complexity index is 1080. The van der Waals surface area contributed by atoms with Crippen molar-refractivity contribution >= 4 is 22.7 Å². The summed E-state index contributed by atoms with van der Waals surface area (Å²) in [5, 5.41) is 4.09. The van der Waals surface area contributed by atoms with Gasteiger partial charge in [0.2, 0.25) is 11.8 Å². The highest BCUT2D eigenvalue weighted by Crippen LogP contribution is 2.22. The molecule has 3 heterocycles. The predicted octanol–water partition coefficient (Wildman–Crippen LogP) is 1.99. The summed E-state index contributed by atoms with van der Waals surface area (Å²) in [6, 6.07) is 19.1. The average Bonchev–Trinajstić information content (AvgIpc) is 2.78. The van der Waals surface area contributed by atoms with Crippen molar-refractivity contribution in [3.05, 3.63) is 78.0 Å². The van der Waals surface area contributed by atoms with Crippen LogP contribution in [-0.2, 0) is 22.6 Å². The van der Waals surface area contributed by atoms with Gasteiger partial charge in [-0.2, -0.15) is 0 Å². The monoisotopic (exact) mass is 400 g/mol. The molecule has 0 aliphatic carbocycles. The molecule has 1 aromatic heterocycles. The highest BCUT2D eigenvalue weighted by molar-refractivity contribution is 5.97. The highest BCUT2D eigenvalue weighted by Gasteiger charge is 2.43. The lowest BCUT2D eigenvalue weighted by Crippen LogP contribution is -2.69. The first kappa shape index (κ1) is 18.8. The Kier molecular flexibility index (Phi) is 4.93. The van der Waals surface area contributed by atoms with Gasteiger partial charge in [0, 0.05) is 44.2 Å². The number of fused-ring (bicyclic) bond motifs is 2. The molecule has 6 nitrogen and oxygen atoms in total. The number of pyridine rings is 1. The molecule has 2 atom stereocenters. The first-order valence-electron chi connectivity index (χ1n) is 10.4. The number of nitrogens with zero attached hydrogens (tertiary/aromatic N) is 3. The average molecular weight is 400 g/mol. The SMILES string of the molecule is O=C1N[C@@H](Cc2ccccc2)C(=O)N2CCN(Cc3cccc4ncccc34)C[C@H]12. The van der Waals surface area contributed by atoms with Gasteiger partial charge in [-0.25, -0.2) is 0 Å². The van der Waals surface area contributed by atoms with Gasteiger partial charge >= 0.3 is 0 Å². The molecular formula is C24H24N4O2. The molecule has 6 heteroatoms. The van der Waals surface area contributed by atoms with Gasteiger partial charge in [-0.05, 0) is 23.3 Å². The van der Waals surface area contributed by atoms with Crippen LogP contribution in [0.3, 0.4) is 0 Å². The number of benzene rings is 2. The molecule has 3 aromatic rings. The summed E-state index contributed by atoms with van der Waals surface area (Å²) in [7, 11) is 0. The van der Waals surface area contributed by atoms with E-state index in [1.807, 2.05) is 48.5 Å².